The standard InChI is InChI=1S/C17H20FN3O3S/c1-10(2)6-15-20-21-17(25-15)19-14(22)8-12(9-16(23)24)11-4-3-5-13(18)7-11/h3-5,7,10,12H,6,8-9H2,1-2H3,(H,23,24)(H,19,21,22). The van der Waals surface area contributed by atoms with Gasteiger partial charge in [0.15, 0.2) is 0 Å². The molecule has 0 aliphatic heterocycles. The summed E-state index contributed by atoms with van der Waals surface area (Å²) in [4.78, 5) is 23.3. The predicted octanol–water partition coefficient (Wildman–Crippen LogP) is 3.46. The fourth-order valence-corrected chi connectivity index (χ4v) is 3.38. The largest absolute Gasteiger partial charge is 0.481 e. The molecule has 1 heterocycles. The van der Waals surface area contributed by atoms with Gasteiger partial charge in [-0.2, -0.15) is 0 Å². The summed E-state index contributed by atoms with van der Waals surface area (Å²) in [6, 6.07) is 5.65. The maximum atomic E-state index is 13.4. The lowest BCUT2D eigenvalue weighted by atomic mass is 9.92. The van der Waals surface area contributed by atoms with E-state index in [2.05, 4.69) is 29.4 Å². The molecule has 0 saturated carbocycles. The highest BCUT2D eigenvalue weighted by Crippen LogP contribution is 2.26. The molecular formula is C17H20FN3O3S. The van der Waals surface area contributed by atoms with Crippen molar-refractivity contribution < 1.29 is 19.1 Å². The number of aliphatic carboxylic acids is 1. The summed E-state index contributed by atoms with van der Waals surface area (Å²) in [5.74, 6) is -2.06. The SMILES string of the molecule is CC(C)Cc1nnc(NC(=O)CC(CC(=O)O)c2cccc(F)c2)s1. The molecule has 0 aliphatic rings. The average molecular weight is 365 g/mol. The van der Waals surface area contributed by atoms with Gasteiger partial charge in [-0.3, -0.25) is 9.59 Å². The maximum absolute atomic E-state index is 13.4. The Kier molecular flexibility index (Phi) is 6.58. The quantitative estimate of drug-likeness (QED) is 0.747. The van der Waals surface area contributed by atoms with Crippen molar-refractivity contribution in [2.45, 2.75) is 39.0 Å². The second-order valence-corrected chi connectivity index (χ2v) is 7.26. The summed E-state index contributed by atoms with van der Waals surface area (Å²) in [6.45, 7) is 4.13. The topological polar surface area (TPSA) is 92.2 Å². The molecule has 0 bridgehead atoms. The second kappa shape index (κ2) is 8.66. The Hall–Kier alpha value is -2.35. The summed E-state index contributed by atoms with van der Waals surface area (Å²) in [7, 11) is 0. The molecule has 1 aromatic heterocycles. The lowest BCUT2D eigenvalue weighted by molar-refractivity contribution is -0.137. The Bertz CT molecular complexity index is 748. The zero-order chi connectivity index (χ0) is 18.4. The van der Waals surface area contributed by atoms with Gasteiger partial charge < -0.3 is 10.4 Å². The summed E-state index contributed by atoms with van der Waals surface area (Å²) in [6.07, 6.45) is 0.443. The van der Waals surface area contributed by atoms with Crippen LogP contribution in [0.15, 0.2) is 24.3 Å². The Morgan fingerprint density at radius 2 is 2.04 bits per heavy atom. The van der Waals surface area contributed by atoms with Gasteiger partial charge in [-0.1, -0.05) is 37.3 Å². The third kappa shape index (κ3) is 6.22. The van der Waals surface area contributed by atoms with Crippen molar-refractivity contribution >= 4 is 28.3 Å². The first-order chi connectivity index (χ1) is 11.8. The van der Waals surface area contributed by atoms with E-state index >= 15 is 0 Å². The molecule has 1 aromatic carbocycles. The van der Waals surface area contributed by atoms with Crippen LogP contribution in [0.1, 0.15) is 43.2 Å². The van der Waals surface area contributed by atoms with Crippen molar-refractivity contribution in [2.75, 3.05) is 5.32 Å². The number of nitrogens with one attached hydrogen (secondary N) is 1. The van der Waals surface area contributed by atoms with E-state index in [1.165, 1.54) is 29.5 Å². The van der Waals surface area contributed by atoms with Crippen LogP contribution in [0.5, 0.6) is 0 Å². The van der Waals surface area contributed by atoms with Gasteiger partial charge in [0, 0.05) is 18.8 Å². The number of rotatable bonds is 8. The molecule has 0 fully saturated rings. The van der Waals surface area contributed by atoms with Crippen LogP contribution in [-0.4, -0.2) is 27.2 Å². The monoisotopic (exact) mass is 365 g/mol. The van der Waals surface area contributed by atoms with Crippen LogP contribution in [0, 0.1) is 11.7 Å². The van der Waals surface area contributed by atoms with Gasteiger partial charge in [0.05, 0.1) is 6.42 Å². The number of carboxylic acid groups (broad SMARTS) is 1. The fourth-order valence-electron chi connectivity index (χ4n) is 2.41. The van der Waals surface area contributed by atoms with Gasteiger partial charge in [-0.15, -0.1) is 10.2 Å². The number of carbonyl (C=O) groups is 2. The molecule has 1 atom stereocenters. The van der Waals surface area contributed by atoms with Crippen molar-refractivity contribution in [3.8, 4) is 0 Å². The second-order valence-electron chi connectivity index (χ2n) is 6.20. The number of anilines is 1. The highest BCUT2D eigenvalue weighted by Gasteiger charge is 2.21. The molecule has 1 amide bonds. The molecule has 2 rings (SSSR count). The first kappa shape index (κ1) is 19.0. The lowest BCUT2D eigenvalue weighted by Gasteiger charge is -2.14. The number of aromatic nitrogens is 2. The predicted molar refractivity (Wildman–Crippen MR) is 93.1 cm³/mol. The molecule has 6 nitrogen and oxygen atoms in total. The van der Waals surface area contributed by atoms with E-state index in [1.807, 2.05) is 0 Å². The van der Waals surface area contributed by atoms with Crippen molar-refractivity contribution in [3.05, 3.63) is 40.7 Å². The number of carbonyl (C=O) groups excluding carboxylic acids is 1. The number of halogens is 1. The van der Waals surface area contributed by atoms with E-state index < -0.39 is 17.7 Å². The van der Waals surface area contributed by atoms with Crippen molar-refractivity contribution in [1.29, 1.82) is 0 Å². The van der Waals surface area contributed by atoms with Gasteiger partial charge in [0.25, 0.3) is 0 Å². The fraction of sp³-hybridized carbons (Fsp3) is 0.412. The summed E-state index contributed by atoms with van der Waals surface area (Å²) < 4.78 is 13.4. The molecular weight excluding hydrogens is 345 g/mol. The highest BCUT2D eigenvalue weighted by atomic mass is 32.1. The molecule has 134 valence electrons. The molecule has 0 radical (unpaired) electrons. The van der Waals surface area contributed by atoms with Crippen LogP contribution in [0.2, 0.25) is 0 Å². The molecule has 0 spiro atoms. The van der Waals surface area contributed by atoms with Crippen LogP contribution in [0.25, 0.3) is 0 Å². The van der Waals surface area contributed by atoms with Gasteiger partial charge in [-0.05, 0) is 23.6 Å². The Morgan fingerprint density at radius 3 is 2.68 bits per heavy atom. The smallest absolute Gasteiger partial charge is 0.303 e. The van der Waals surface area contributed by atoms with Crippen molar-refractivity contribution in [1.82, 2.24) is 10.2 Å². The van der Waals surface area contributed by atoms with E-state index in [0.717, 1.165) is 11.4 Å². The van der Waals surface area contributed by atoms with Crippen LogP contribution in [0.3, 0.4) is 0 Å². The normalized spacial score (nSPS) is 12.2. The molecule has 1 unspecified atom stereocenters. The number of hydrogen-bond acceptors (Lipinski definition) is 5. The third-order valence-corrected chi connectivity index (χ3v) is 4.33. The zero-order valence-electron chi connectivity index (χ0n) is 14.0. The van der Waals surface area contributed by atoms with Gasteiger partial charge in [0.2, 0.25) is 11.0 Å². The Labute approximate surface area is 149 Å². The van der Waals surface area contributed by atoms with Gasteiger partial charge >= 0.3 is 5.97 Å². The Morgan fingerprint density at radius 1 is 1.28 bits per heavy atom. The van der Waals surface area contributed by atoms with E-state index in [0.29, 0.717) is 16.6 Å². The van der Waals surface area contributed by atoms with E-state index in [4.69, 9.17) is 5.11 Å². The van der Waals surface area contributed by atoms with Crippen LogP contribution < -0.4 is 5.32 Å². The van der Waals surface area contributed by atoms with Gasteiger partial charge in [0.1, 0.15) is 10.8 Å². The summed E-state index contributed by atoms with van der Waals surface area (Å²) in [5, 5.41) is 20.9. The van der Waals surface area contributed by atoms with Crippen LogP contribution in [0.4, 0.5) is 9.52 Å². The van der Waals surface area contributed by atoms with E-state index in [9.17, 15) is 14.0 Å². The average Bonchev–Trinajstić information content (AvgIpc) is 2.92. The minimum Gasteiger partial charge on any atom is -0.481 e. The number of amides is 1. The lowest BCUT2D eigenvalue weighted by Crippen LogP contribution is -2.17. The van der Waals surface area contributed by atoms with Gasteiger partial charge in [-0.25, -0.2) is 4.39 Å². The summed E-state index contributed by atoms with van der Waals surface area (Å²) in [5.41, 5.74) is 0.482. The van der Waals surface area contributed by atoms with Crippen molar-refractivity contribution in [2.24, 2.45) is 5.92 Å². The number of carboxylic acids is 1. The first-order valence-electron chi connectivity index (χ1n) is 7.93. The minimum absolute atomic E-state index is 0.0746. The number of benzene rings is 1. The van der Waals surface area contributed by atoms with Crippen molar-refractivity contribution in [3.63, 3.8) is 0 Å². The molecule has 8 heteroatoms. The molecule has 2 N–H and O–H groups in total. The number of nitrogens with zero attached hydrogens (tertiary/aromatic N) is 2. The maximum Gasteiger partial charge on any atom is 0.303 e. The first-order valence-corrected chi connectivity index (χ1v) is 8.74. The highest BCUT2D eigenvalue weighted by molar-refractivity contribution is 7.15. The molecule has 0 aliphatic carbocycles. The van der Waals surface area contributed by atoms with Crippen LogP contribution >= 0.6 is 11.3 Å². The van der Waals surface area contributed by atoms with E-state index in [-0.39, 0.29) is 18.7 Å². The molecule has 2 aromatic rings. The Balaban J connectivity index is 2.04. The van der Waals surface area contributed by atoms with Crippen LogP contribution in [-0.2, 0) is 16.0 Å². The zero-order valence-corrected chi connectivity index (χ0v) is 14.8. The van der Waals surface area contributed by atoms with E-state index in [1.54, 1.807) is 6.07 Å². The molecule has 0 saturated heterocycles. The summed E-state index contributed by atoms with van der Waals surface area (Å²) >= 11 is 1.30. The third-order valence-electron chi connectivity index (χ3n) is 3.47. The minimum atomic E-state index is -1.04. The molecule has 25 heavy (non-hydrogen) atoms. The number of hydrogen-bond donors (Lipinski definition) is 2.